The topological polar surface area (TPSA) is 72.0 Å². The lowest BCUT2D eigenvalue weighted by Gasteiger charge is -2.13. The number of nitrogens with zero attached hydrogens (tertiary/aromatic N) is 1. The number of hydrogen-bond acceptors (Lipinski definition) is 4. The Kier molecular flexibility index (Phi) is 1.94. The second kappa shape index (κ2) is 3.10. The van der Waals surface area contributed by atoms with Crippen LogP contribution in [0.15, 0.2) is 4.79 Å². The molecule has 5 nitrogen and oxygen atoms in total. The number of nitrogens with one attached hydrogen (secondary N) is 1. The van der Waals surface area contributed by atoms with Gasteiger partial charge in [-0.15, -0.1) is 0 Å². The van der Waals surface area contributed by atoms with Gasteiger partial charge in [-0.25, -0.2) is 4.98 Å². The zero-order valence-electron chi connectivity index (χ0n) is 6.87. The lowest BCUT2D eigenvalue weighted by Crippen LogP contribution is -2.25. The first-order valence-corrected chi connectivity index (χ1v) is 3.96. The van der Waals surface area contributed by atoms with Gasteiger partial charge in [0.15, 0.2) is 12.1 Å². The van der Waals surface area contributed by atoms with Crippen LogP contribution in [0.25, 0.3) is 0 Å². The van der Waals surface area contributed by atoms with Gasteiger partial charge < -0.3 is 9.72 Å². The molecule has 1 aromatic rings. The molecule has 0 fully saturated rings. The van der Waals surface area contributed by atoms with E-state index in [4.69, 9.17) is 4.74 Å². The molecule has 0 saturated heterocycles. The molecule has 0 unspecified atom stereocenters. The lowest BCUT2D eigenvalue weighted by molar-refractivity contribution is 0.105. The second-order valence-electron chi connectivity index (χ2n) is 2.80. The van der Waals surface area contributed by atoms with Gasteiger partial charge in [-0.2, -0.15) is 0 Å². The highest BCUT2D eigenvalue weighted by Crippen LogP contribution is 2.09. The summed E-state index contributed by atoms with van der Waals surface area (Å²) < 4.78 is 5.12. The summed E-state index contributed by atoms with van der Waals surface area (Å²) in [5.74, 6) is 0.0641. The van der Waals surface area contributed by atoms with Gasteiger partial charge in [0.1, 0.15) is 0 Å². The molecule has 2 heterocycles. The van der Waals surface area contributed by atoms with Crippen molar-refractivity contribution in [2.24, 2.45) is 0 Å². The first-order chi connectivity index (χ1) is 6.31. The molecule has 1 N–H and O–H groups in total. The summed E-state index contributed by atoms with van der Waals surface area (Å²) in [7, 11) is 0. The van der Waals surface area contributed by atoms with Crippen LogP contribution in [0, 0.1) is 0 Å². The Morgan fingerprint density at radius 2 is 2.38 bits per heavy atom. The van der Waals surface area contributed by atoms with Crippen LogP contribution in [0.5, 0.6) is 0 Å². The Balaban J connectivity index is 2.59. The largest absolute Gasteiger partial charge is 0.375 e. The zero-order valence-corrected chi connectivity index (χ0v) is 6.87. The van der Waals surface area contributed by atoms with Crippen LogP contribution in [-0.4, -0.2) is 22.9 Å². The summed E-state index contributed by atoms with van der Waals surface area (Å²) in [6.07, 6.45) is 1.09. The predicted octanol–water partition coefficient (Wildman–Crippen LogP) is -0.345. The van der Waals surface area contributed by atoms with Crippen LogP contribution in [0.3, 0.4) is 0 Å². The van der Waals surface area contributed by atoms with E-state index in [-0.39, 0.29) is 11.4 Å². The molecule has 2 rings (SSSR count). The maximum Gasteiger partial charge on any atom is 0.254 e. The first-order valence-electron chi connectivity index (χ1n) is 3.96. The Morgan fingerprint density at radius 3 is 3.15 bits per heavy atom. The van der Waals surface area contributed by atoms with E-state index in [0.717, 1.165) is 0 Å². The third-order valence-electron chi connectivity index (χ3n) is 1.97. The Labute approximate surface area is 73.8 Å². The maximum absolute atomic E-state index is 11.3. The van der Waals surface area contributed by atoms with Crippen LogP contribution in [0.1, 0.15) is 21.9 Å². The van der Waals surface area contributed by atoms with Crippen molar-refractivity contribution in [2.75, 3.05) is 6.61 Å². The molecule has 0 radical (unpaired) electrons. The van der Waals surface area contributed by atoms with Crippen molar-refractivity contribution < 1.29 is 9.53 Å². The second-order valence-corrected chi connectivity index (χ2v) is 2.80. The highest BCUT2D eigenvalue weighted by molar-refractivity contribution is 5.68. The summed E-state index contributed by atoms with van der Waals surface area (Å²) in [5.41, 5.74) is 0.990. The molecule has 0 bridgehead atoms. The number of carbonyl (C=O) groups is 1. The highest BCUT2D eigenvalue weighted by atomic mass is 16.5. The molecular formula is C8H8N2O3. The molecule has 0 saturated carbocycles. The number of aldehydes is 1. The highest BCUT2D eigenvalue weighted by Gasteiger charge is 2.15. The van der Waals surface area contributed by atoms with Gasteiger partial charge in [0, 0.05) is 12.0 Å². The molecular weight excluding hydrogens is 172 g/mol. The number of rotatable bonds is 1. The Hall–Kier alpha value is -1.49. The quantitative estimate of drug-likeness (QED) is 0.600. The van der Waals surface area contributed by atoms with Crippen LogP contribution < -0.4 is 5.56 Å². The number of H-pyrrole nitrogens is 1. The van der Waals surface area contributed by atoms with E-state index in [1.54, 1.807) is 0 Å². The Bertz CT molecular complexity index is 397. The molecule has 5 heteroatoms. The maximum atomic E-state index is 11.3. The number of hydrogen-bond donors (Lipinski definition) is 1. The minimum atomic E-state index is -0.226. The van der Waals surface area contributed by atoms with Crippen molar-refractivity contribution >= 4 is 6.29 Å². The zero-order chi connectivity index (χ0) is 9.26. The molecule has 0 amide bonds. The van der Waals surface area contributed by atoms with Crippen molar-refractivity contribution in [3.8, 4) is 0 Å². The smallest absolute Gasteiger partial charge is 0.254 e. The van der Waals surface area contributed by atoms with Crippen molar-refractivity contribution in [2.45, 2.75) is 13.0 Å². The SMILES string of the molecule is O=Cc1nc2c(c(=O)[nH]1)CCOC2. The van der Waals surface area contributed by atoms with Crippen molar-refractivity contribution in [1.29, 1.82) is 0 Å². The van der Waals surface area contributed by atoms with Gasteiger partial charge in [-0.3, -0.25) is 9.59 Å². The monoisotopic (exact) mass is 180 g/mol. The summed E-state index contributed by atoms with van der Waals surface area (Å²) in [6, 6.07) is 0. The summed E-state index contributed by atoms with van der Waals surface area (Å²) in [5, 5.41) is 0. The summed E-state index contributed by atoms with van der Waals surface area (Å²) in [6.45, 7) is 0.859. The van der Waals surface area contributed by atoms with Crippen LogP contribution in [0.4, 0.5) is 0 Å². The molecule has 0 spiro atoms. The fourth-order valence-corrected chi connectivity index (χ4v) is 1.34. The molecule has 0 atom stereocenters. The number of fused-ring (bicyclic) bond motifs is 1. The molecule has 1 aliphatic heterocycles. The molecule has 0 aliphatic carbocycles. The minimum absolute atomic E-state index is 0.0641. The number of aromatic amines is 1. The fourth-order valence-electron chi connectivity index (χ4n) is 1.34. The number of aromatic nitrogens is 2. The normalized spacial score (nSPS) is 15.1. The number of ether oxygens (including phenoxy) is 1. The van der Waals surface area contributed by atoms with Gasteiger partial charge in [0.2, 0.25) is 0 Å². The van der Waals surface area contributed by atoms with E-state index < -0.39 is 0 Å². The van der Waals surface area contributed by atoms with Crippen molar-refractivity contribution in [1.82, 2.24) is 9.97 Å². The molecule has 0 aromatic carbocycles. The van der Waals surface area contributed by atoms with E-state index >= 15 is 0 Å². The predicted molar refractivity (Wildman–Crippen MR) is 43.6 cm³/mol. The van der Waals surface area contributed by atoms with Gasteiger partial charge in [-0.1, -0.05) is 0 Å². The minimum Gasteiger partial charge on any atom is -0.375 e. The van der Waals surface area contributed by atoms with Gasteiger partial charge in [0.05, 0.1) is 18.9 Å². The summed E-state index contributed by atoms with van der Waals surface area (Å²) >= 11 is 0. The third kappa shape index (κ3) is 1.38. The van der Waals surface area contributed by atoms with E-state index in [9.17, 15) is 9.59 Å². The van der Waals surface area contributed by atoms with Crippen molar-refractivity contribution in [3.63, 3.8) is 0 Å². The van der Waals surface area contributed by atoms with E-state index in [1.165, 1.54) is 0 Å². The average molecular weight is 180 g/mol. The van der Waals surface area contributed by atoms with Crippen LogP contribution in [0.2, 0.25) is 0 Å². The van der Waals surface area contributed by atoms with E-state index in [0.29, 0.717) is 37.2 Å². The van der Waals surface area contributed by atoms with Crippen LogP contribution >= 0.6 is 0 Å². The Morgan fingerprint density at radius 1 is 1.54 bits per heavy atom. The van der Waals surface area contributed by atoms with Gasteiger partial charge >= 0.3 is 0 Å². The van der Waals surface area contributed by atoms with E-state index in [1.807, 2.05) is 0 Å². The van der Waals surface area contributed by atoms with Gasteiger partial charge in [0.25, 0.3) is 5.56 Å². The fraction of sp³-hybridized carbons (Fsp3) is 0.375. The number of carbonyl (C=O) groups excluding carboxylic acids is 1. The van der Waals surface area contributed by atoms with Crippen molar-refractivity contribution in [3.05, 3.63) is 27.4 Å². The lowest BCUT2D eigenvalue weighted by atomic mass is 10.1. The van der Waals surface area contributed by atoms with Crippen LogP contribution in [-0.2, 0) is 17.8 Å². The summed E-state index contributed by atoms with van der Waals surface area (Å²) in [4.78, 5) is 28.0. The average Bonchev–Trinajstić information content (AvgIpc) is 2.18. The molecule has 68 valence electrons. The third-order valence-corrected chi connectivity index (χ3v) is 1.97. The molecule has 1 aromatic heterocycles. The standard InChI is InChI=1S/C8H8N2O3/c11-3-7-9-6-4-13-2-1-5(6)8(12)10-7/h3H,1-2,4H2,(H,9,10,12). The molecule has 13 heavy (non-hydrogen) atoms. The van der Waals surface area contributed by atoms with E-state index in [2.05, 4.69) is 9.97 Å². The van der Waals surface area contributed by atoms with Gasteiger partial charge in [-0.05, 0) is 0 Å². The molecule has 1 aliphatic rings. The first kappa shape index (κ1) is 8.12.